The van der Waals surface area contributed by atoms with Crippen LogP contribution in [0.25, 0.3) is 0 Å². The van der Waals surface area contributed by atoms with Crippen molar-refractivity contribution in [1.29, 1.82) is 0 Å². The second-order valence-corrected chi connectivity index (χ2v) is 5.88. The summed E-state index contributed by atoms with van der Waals surface area (Å²) < 4.78 is 5.57. The van der Waals surface area contributed by atoms with Crippen molar-refractivity contribution in [3.8, 4) is 0 Å². The molecule has 0 atom stereocenters. The zero-order valence-electron chi connectivity index (χ0n) is 10.7. The second kappa shape index (κ2) is 8.20. The Balaban J connectivity index is 1.90. The first-order chi connectivity index (χ1) is 10.2. The lowest BCUT2D eigenvalue weighted by Gasteiger charge is -2.08. The van der Waals surface area contributed by atoms with Crippen LogP contribution in [-0.4, -0.2) is 6.03 Å². The van der Waals surface area contributed by atoms with E-state index in [9.17, 15) is 4.79 Å². The summed E-state index contributed by atoms with van der Waals surface area (Å²) in [6, 6.07) is 14.3. The summed E-state index contributed by atoms with van der Waals surface area (Å²) in [5.74, 6) is 4.75. The molecule has 2 amide bonds. The Morgan fingerprint density at radius 3 is 2.48 bits per heavy atom. The van der Waals surface area contributed by atoms with Gasteiger partial charge >= 0.3 is 6.03 Å². The van der Waals surface area contributed by atoms with Gasteiger partial charge in [-0.2, -0.15) is 5.90 Å². The van der Waals surface area contributed by atoms with E-state index in [1.807, 2.05) is 24.3 Å². The van der Waals surface area contributed by atoms with Gasteiger partial charge in [-0.25, -0.2) is 4.79 Å². The molecular weight excluding hydrogens is 405 g/mol. The molecule has 0 aliphatic heterocycles. The van der Waals surface area contributed by atoms with Crippen LogP contribution < -0.4 is 16.5 Å². The molecule has 21 heavy (non-hydrogen) atoms. The summed E-state index contributed by atoms with van der Waals surface area (Å²) in [4.78, 5) is 16.7. The maximum Gasteiger partial charge on any atom is 0.323 e. The molecular formula is C13H12IN3O3S. The van der Waals surface area contributed by atoms with Gasteiger partial charge in [-0.1, -0.05) is 6.07 Å². The molecule has 0 bridgehead atoms. The van der Waals surface area contributed by atoms with Crippen LogP contribution in [0.2, 0.25) is 0 Å². The molecule has 0 saturated carbocycles. The molecule has 8 heteroatoms. The van der Waals surface area contributed by atoms with Gasteiger partial charge in [-0.05, 0) is 65.1 Å². The SMILES string of the molecule is NOOSc1ccc(NC(=O)Nc2cccc(I)c2)cc1. The van der Waals surface area contributed by atoms with Crippen molar-refractivity contribution in [1.82, 2.24) is 0 Å². The molecule has 2 aromatic rings. The number of urea groups is 1. The van der Waals surface area contributed by atoms with Crippen molar-refractivity contribution < 1.29 is 14.1 Å². The molecule has 0 heterocycles. The highest BCUT2D eigenvalue weighted by Gasteiger charge is 2.03. The van der Waals surface area contributed by atoms with E-state index in [4.69, 9.17) is 5.90 Å². The van der Waals surface area contributed by atoms with Gasteiger partial charge in [-0.3, -0.25) is 0 Å². The molecule has 4 N–H and O–H groups in total. The third-order valence-electron chi connectivity index (χ3n) is 2.36. The molecule has 0 aliphatic rings. The molecule has 2 aromatic carbocycles. The minimum Gasteiger partial charge on any atom is -0.308 e. The number of benzene rings is 2. The number of amides is 2. The predicted molar refractivity (Wildman–Crippen MR) is 90.5 cm³/mol. The molecule has 0 aliphatic carbocycles. The fraction of sp³-hybridized carbons (Fsp3) is 0. The summed E-state index contributed by atoms with van der Waals surface area (Å²) in [5, 5.41) is 5.49. The third-order valence-corrected chi connectivity index (χ3v) is 3.65. The summed E-state index contributed by atoms with van der Waals surface area (Å²) in [5.41, 5.74) is 1.40. The number of anilines is 2. The van der Waals surface area contributed by atoms with Crippen molar-refractivity contribution in [3.05, 3.63) is 52.1 Å². The predicted octanol–water partition coefficient (Wildman–Crippen LogP) is 3.76. The fourth-order valence-corrected chi connectivity index (χ4v) is 2.42. The van der Waals surface area contributed by atoms with E-state index in [1.54, 1.807) is 24.3 Å². The lowest BCUT2D eigenvalue weighted by molar-refractivity contribution is -0.195. The maximum absolute atomic E-state index is 11.9. The van der Waals surface area contributed by atoms with Crippen LogP contribution in [0.15, 0.2) is 53.4 Å². The number of nitrogens with one attached hydrogen (secondary N) is 2. The van der Waals surface area contributed by atoms with Gasteiger partial charge in [0.15, 0.2) is 0 Å². The Bertz CT molecular complexity index is 610. The summed E-state index contributed by atoms with van der Waals surface area (Å²) in [7, 11) is 0. The fourth-order valence-electron chi connectivity index (χ4n) is 1.51. The Kier molecular flexibility index (Phi) is 6.26. The van der Waals surface area contributed by atoms with Gasteiger partial charge in [0, 0.05) is 19.8 Å². The molecule has 0 saturated heterocycles. The van der Waals surface area contributed by atoms with Crippen molar-refractivity contribution in [2.24, 2.45) is 5.90 Å². The first-order valence-electron chi connectivity index (χ1n) is 5.81. The van der Waals surface area contributed by atoms with Gasteiger partial charge in [0.2, 0.25) is 0 Å². The van der Waals surface area contributed by atoms with Gasteiger partial charge in [0.25, 0.3) is 0 Å². The zero-order chi connectivity index (χ0) is 15.1. The number of carbonyl (C=O) groups is 1. The van der Waals surface area contributed by atoms with Gasteiger partial charge in [0.05, 0.1) is 12.0 Å². The number of carbonyl (C=O) groups excluding carboxylic acids is 1. The van der Waals surface area contributed by atoms with Crippen LogP contribution >= 0.6 is 34.6 Å². The topological polar surface area (TPSA) is 85.6 Å². The van der Waals surface area contributed by atoms with Crippen molar-refractivity contribution in [3.63, 3.8) is 0 Å². The summed E-state index contributed by atoms with van der Waals surface area (Å²) in [6.07, 6.45) is 0. The largest absolute Gasteiger partial charge is 0.323 e. The van der Waals surface area contributed by atoms with E-state index in [0.717, 1.165) is 26.2 Å². The van der Waals surface area contributed by atoms with Crippen LogP contribution in [0.3, 0.4) is 0 Å². The highest BCUT2D eigenvalue weighted by atomic mass is 127. The Hall–Kier alpha value is -1.33. The van der Waals surface area contributed by atoms with Gasteiger partial charge in [-0.15, -0.1) is 9.32 Å². The molecule has 0 spiro atoms. The lowest BCUT2D eigenvalue weighted by atomic mass is 10.3. The van der Waals surface area contributed by atoms with E-state index >= 15 is 0 Å². The zero-order valence-corrected chi connectivity index (χ0v) is 13.7. The van der Waals surface area contributed by atoms with Crippen LogP contribution in [-0.2, 0) is 9.32 Å². The van der Waals surface area contributed by atoms with Crippen LogP contribution in [0, 0.1) is 3.57 Å². The molecule has 110 valence electrons. The molecule has 0 fully saturated rings. The minimum atomic E-state index is -0.307. The Morgan fingerprint density at radius 2 is 1.81 bits per heavy atom. The van der Waals surface area contributed by atoms with Crippen LogP contribution in [0.5, 0.6) is 0 Å². The smallest absolute Gasteiger partial charge is 0.308 e. The minimum absolute atomic E-state index is 0.307. The molecule has 0 unspecified atom stereocenters. The standard InChI is InChI=1S/C13H12IN3O3S/c14-9-2-1-3-11(8-9)17-13(18)16-10-4-6-12(7-5-10)21-20-19-15/h1-8H,15H2,(H2,16,17,18). The van der Waals surface area contributed by atoms with Gasteiger partial charge < -0.3 is 10.6 Å². The number of rotatable bonds is 5. The summed E-state index contributed by atoms with van der Waals surface area (Å²) in [6.45, 7) is 0. The number of hydrogen-bond acceptors (Lipinski definition) is 5. The monoisotopic (exact) mass is 417 g/mol. The number of halogens is 1. The molecule has 0 aromatic heterocycles. The summed E-state index contributed by atoms with van der Waals surface area (Å²) >= 11 is 3.16. The normalized spacial score (nSPS) is 10.2. The molecule has 6 nitrogen and oxygen atoms in total. The van der Waals surface area contributed by atoms with E-state index in [-0.39, 0.29) is 6.03 Å². The van der Waals surface area contributed by atoms with Crippen LogP contribution in [0.1, 0.15) is 0 Å². The third kappa shape index (κ3) is 5.52. The lowest BCUT2D eigenvalue weighted by Crippen LogP contribution is -2.19. The quantitative estimate of drug-likeness (QED) is 0.299. The highest BCUT2D eigenvalue weighted by molar-refractivity contribution is 14.1. The average molecular weight is 417 g/mol. The van der Waals surface area contributed by atoms with Crippen molar-refractivity contribution in [2.45, 2.75) is 4.90 Å². The average Bonchev–Trinajstić information content (AvgIpc) is 2.46. The van der Waals surface area contributed by atoms with Crippen molar-refractivity contribution in [2.75, 3.05) is 10.6 Å². The van der Waals surface area contributed by atoms with E-state index < -0.39 is 0 Å². The maximum atomic E-state index is 11.9. The highest BCUT2D eigenvalue weighted by Crippen LogP contribution is 2.21. The van der Waals surface area contributed by atoms with Gasteiger partial charge in [0.1, 0.15) is 0 Å². The van der Waals surface area contributed by atoms with E-state index in [2.05, 4.69) is 42.5 Å². The number of nitrogens with two attached hydrogens (primary N) is 1. The van der Waals surface area contributed by atoms with E-state index in [0.29, 0.717) is 5.69 Å². The Labute approximate surface area is 139 Å². The van der Waals surface area contributed by atoms with Crippen molar-refractivity contribution >= 4 is 52.0 Å². The van der Waals surface area contributed by atoms with Crippen LogP contribution in [0.4, 0.5) is 16.2 Å². The molecule has 2 rings (SSSR count). The molecule has 0 radical (unpaired) electrons. The van der Waals surface area contributed by atoms with E-state index in [1.165, 1.54) is 0 Å². The number of hydrogen-bond donors (Lipinski definition) is 3. The second-order valence-electron chi connectivity index (χ2n) is 3.86. The Morgan fingerprint density at radius 1 is 1.10 bits per heavy atom. The first-order valence-corrected chi connectivity index (χ1v) is 7.63. The first kappa shape index (κ1) is 16.0.